The Kier molecular flexibility index (Phi) is 6.92. The molecule has 13 heteroatoms. The van der Waals surface area contributed by atoms with Crippen molar-refractivity contribution in [1.29, 1.82) is 5.26 Å². The standard InChI is InChI=1S/C27H20ClF4N3O4S/c28-24-20(5-2-6-21(24)29)16-7-8-23-22(11-16)35(14-18(39-23)13-34-25(36)26(15-33)9-10-26)40(37,38)19-4-1-3-17(12-19)27(30,31)32/h1-8,11-12,18H,9-10,13-14H2,(H,34,36)/t18-/m0/s1. The SMILES string of the molecule is N#CC1(C(=O)NC[C@H]2CN(S(=O)(=O)c3cccc(C(F)(F)F)c3)c3cc(-c4cccc(F)c4Cl)ccc3O2)CC1. The van der Waals surface area contributed by atoms with Gasteiger partial charge in [0.2, 0.25) is 5.91 Å². The maximum absolute atomic E-state index is 14.1. The number of ether oxygens (including phenoxy) is 1. The second kappa shape index (κ2) is 9.98. The van der Waals surface area contributed by atoms with E-state index in [2.05, 4.69) is 5.32 Å². The van der Waals surface area contributed by atoms with Crippen LogP contribution in [0.1, 0.15) is 18.4 Å². The van der Waals surface area contributed by atoms with Gasteiger partial charge in [0, 0.05) is 5.56 Å². The fourth-order valence-electron chi connectivity index (χ4n) is 4.39. The maximum Gasteiger partial charge on any atom is 0.416 e. The molecule has 1 fully saturated rings. The number of nitrogens with one attached hydrogen (secondary N) is 1. The molecule has 0 saturated heterocycles. The zero-order chi connectivity index (χ0) is 28.9. The Morgan fingerprint density at radius 1 is 1.15 bits per heavy atom. The van der Waals surface area contributed by atoms with E-state index >= 15 is 0 Å². The van der Waals surface area contributed by atoms with Crippen LogP contribution in [0.15, 0.2) is 65.6 Å². The summed E-state index contributed by atoms with van der Waals surface area (Å²) >= 11 is 6.13. The Bertz CT molecular complexity index is 1650. The van der Waals surface area contributed by atoms with Crippen molar-refractivity contribution in [3.63, 3.8) is 0 Å². The molecule has 1 amide bonds. The van der Waals surface area contributed by atoms with Gasteiger partial charge in [-0.15, -0.1) is 0 Å². The van der Waals surface area contributed by atoms with E-state index in [1.807, 2.05) is 6.07 Å². The van der Waals surface area contributed by atoms with Gasteiger partial charge in [-0.1, -0.05) is 35.9 Å². The number of nitriles is 1. The van der Waals surface area contributed by atoms with Gasteiger partial charge in [-0.3, -0.25) is 9.10 Å². The van der Waals surface area contributed by atoms with E-state index in [0.29, 0.717) is 24.5 Å². The van der Waals surface area contributed by atoms with Crippen LogP contribution >= 0.6 is 11.6 Å². The molecule has 3 aromatic rings. The lowest BCUT2D eigenvalue weighted by molar-refractivity contribution is -0.137. The molecule has 208 valence electrons. The highest BCUT2D eigenvalue weighted by Gasteiger charge is 2.50. The lowest BCUT2D eigenvalue weighted by Gasteiger charge is -2.36. The average Bonchev–Trinajstić information content (AvgIpc) is 3.73. The monoisotopic (exact) mass is 593 g/mol. The number of nitrogens with zero attached hydrogens (tertiary/aromatic N) is 2. The molecule has 0 aromatic heterocycles. The zero-order valence-corrected chi connectivity index (χ0v) is 22.1. The molecule has 2 aliphatic rings. The molecule has 0 unspecified atom stereocenters. The predicted octanol–water partition coefficient (Wildman–Crippen LogP) is 5.54. The number of rotatable bonds is 6. The Morgan fingerprint density at radius 2 is 1.88 bits per heavy atom. The predicted molar refractivity (Wildman–Crippen MR) is 138 cm³/mol. The summed E-state index contributed by atoms with van der Waals surface area (Å²) in [5, 5.41) is 11.7. The number of alkyl halides is 3. The van der Waals surface area contributed by atoms with Gasteiger partial charge in [-0.2, -0.15) is 18.4 Å². The second-order valence-electron chi connectivity index (χ2n) is 9.49. The summed E-state index contributed by atoms with van der Waals surface area (Å²) in [6.45, 7) is -0.528. The largest absolute Gasteiger partial charge is 0.484 e. The number of fused-ring (bicyclic) bond motifs is 1. The van der Waals surface area contributed by atoms with Crippen LogP contribution < -0.4 is 14.4 Å². The van der Waals surface area contributed by atoms with Crippen molar-refractivity contribution in [2.45, 2.75) is 30.0 Å². The van der Waals surface area contributed by atoms with Crippen molar-refractivity contribution in [2.75, 3.05) is 17.4 Å². The normalized spacial score (nSPS) is 17.8. The quantitative estimate of drug-likeness (QED) is 0.378. The van der Waals surface area contributed by atoms with Gasteiger partial charge in [0.1, 0.15) is 23.1 Å². The van der Waals surface area contributed by atoms with Crippen LogP contribution in [0.3, 0.4) is 0 Å². The molecule has 1 saturated carbocycles. The fourth-order valence-corrected chi connectivity index (χ4v) is 6.17. The molecule has 0 bridgehead atoms. The van der Waals surface area contributed by atoms with Gasteiger partial charge in [0.15, 0.2) is 0 Å². The van der Waals surface area contributed by atoms with Crippen molar-refractivity contribution in [3.05, 3.63) is 77.1 Å². The summed E-state index contributed by atoms with van der Waals surface area (Å²) in [6.07, 6.45) is -4.90. The molecule has 1 heterocycles. The first kappa shape index (κ1) is 27.7. The van der Waals surface area contributed by atoms with Gasteiger partial charge in [-0.05, 0) is 54.8 Å². The van der Waals surface area contributed by atoms with E-state index < -0.39 is 49.9 Å². The summed E-state index contributed by atoms with van der Waals surface area (Å²) < 4.78 is 88.7. The van der Waals surface area contributed by atoms with Crippen LogP contribution in [-0.4, -0.2) is 33.5 Å². The minimum atomic E-state index is -4.78. The van der Waals surface area contributed by atoms with Crippen LogP contribution in [0.5, 0.6) is 5.75 Å². The van der Waals surface area contributed by atoms with Crippen LogP contribution in [0, 0.1) is 22.6 Å². The Morgan fingerprint density at radius 3 is 2.55 bits per heavy atom. The maximum atomic E-state index is 14.1. The summed E-state index contributed by atoms with van der Waals surface area (Å²) in [4.78, 5) is 11.9. The van der Waals surface area contributed by atoms with Crippen LogP contribution in [0.4, 0.5) is 23.2 Å². The fraction of sp³-hybridized carbons (Fsp3) is 0.259. The number of halogens is 5. The Labute approximate surface area is 232 Å². The first-order chi connectivity index (χ1) is 18.9. The molecule has 1 aliphatic heterocycles. The summed E-state index contributed by atoms with van der Waals surface area (Å²) in [7, 11) is -4.59. The van der Waals surface area contributed by atoms with Crippen LogP contribution in [0.25, 0.3) is 11.1 Å². The van der Waals surface area contributed by atoms with E-state index in [1.165, 1.54) is 30.3 Å². The lowest BCUT2D eigenvalue weighted by Crippen LogP contribution is -2.49. The summed E-state index contributed by atoms with van der Waals surface area (Å²) in [6, 6.07) is 13.8. The molecule has 5 rings (SSSR count). The Balaban J connectivity index is 1.55. The minimum Gasteiger partial charge on any atom is -0.484 e. The molecule has 1 aliphatic carbocycles. The highest BCUT2D eigenvalue weighted by Crippen LogP contribution is 2.45. The molecule has 1 atom stereocenters. The smallest absolute Gasteiger partial charge is 0.416 e. The molecular formula is C27H20ClF4N3O4S. The molecule has 3 aromatic carbocycles. The molecule has 40 heavy (non-hydrogen) atoms. The highest BCUT2D eigenvalue weighted by molar-refractivity contribution is 7.92. The number of anilines is 1. The van der Waals surface area contributed by atoms with E-state index in [-0.39, 0.29) is 35.1 Å². The van der Waals surface area contributed by atoms with E-state index in [0.717, 1.165) is 28.6 Å². The summed E-state index contributed by atoms with van der Waals surface area (Å²) in [5.74, 6) is -1.13. The average molecular weight is 594 g/mol. The highest BCUT2D eigenvalue weighted by atomic mass is 35.5. The number of sulfonamides is 1. The molecule has 0 radical (unpaired) electrons. The van der Waals surface area contributed by atoms with Gasteiger partial charge in [-0.25, -0.2) is 12.8 Å². The van der Waals surface area contributed by atoms with Gasteiger partial charge in [0.25, 0.3) is 10.0 Å². The number of hydrogen-bond acceptors (Lipinski definition) is 5. The van der Waals surface area contributed by atoms with Crippen molar-refractivity contribution >= 4 is 33.2 Å². The third-order valence-corrected chi connectivity index (χ3v) is 8.95. The first-order valence-corrected chi connectivity index (χ1v) is 13.8. The molecule has 0 spiro atoms. The molecule has 7 nitrogen and oxygen atoms in total. The van der Waals surface area contributed by atoms with Gasteiger partial charge < -0.3 is 10.1 Å². The number of hydrogen-bond donors (Lipinski definition) is 1. The van der Waals surface area contributed by atoms with Crippen LogP contribution in [-0.2, 0) is 21.0 Å². The van der Waals surface area contributed by atoms with Crippen molar-refractivity contribution in [3.8, 4) is 22.9 Å². The van der Waals surface area contributed by atoms with E-state index in [4.69, 9.17) is 16.3 Å². The Hall–Kier alpha value is -3.82. The van der Waals surface area contributed by atoms with Crippen molar-refractivity contribution in [1.82, 2.24) is 5.32 Å². The third-order valence-electron chi connectivity index (χ3n) is 6.79. The van der Waals surface area contributed by atoms with Gasteiger partial charge in [0.05, 0.1) is 40.3 Å². The second-order valence-corrected chi connectivity index (χ2v) is 11.7. The molecule has 1 N–H and O–H groups in total. The third kappa shape index (κ3) is 5.07. The number of benzene rings is 3. The first-order valence-electron chi connectivity index (χ1n) is 12.0. The molecular weight excluding hydrogens is 574 g/mol. The van der Waals surface area contributed by atoms with E-state index in [9.17, 15) is 36.0 Å². The van der Waals surface area contributed by atoms with Crippen molar-refractivity contribution in [2.24, 2.45) is 5.41 Å². The lowest BCUT2D eigenvalue weighted by atomic mass is 10.0. The number of amides is 1. The van der Waals surface area contributed by atoms with Gasteiger partial charge >= 0.3 is 6.18 Å². The van der Waals surface area contributed by atoms with E-state index in [1.54, 1.807) is 0 Å². The van der Waals surface area contributed by atoms with Crippen molar-refractivity contribution < 1.29 is 35.5 Å². The minimum absolute atomic E-state index is 0.00601. The van der Waals surface area contributed by atoms with Crippen LogP contribution in [0.2, 0.25) is 5.02 Å². The topological polar surface area (TPSA) is 99.5 Å². The zero-order valence-electron chi connectivity index (χ0n) is 20.5. The summed E-state index contributed by atoms with van der Waals surface area (Å²) in [5.41, 5.74) is -1.66. The number of carbonyl (C=O) groups is 1. The number of carbonyl (C=O) groups excluding carboxylic acids is 1.